The Hall–Kier alpha value is -4.20. The number of hydrogen-bond acceptors (Lipinski definition) is 4. The van der Waals surface area contributed by atoms with Gasteiger partial charge in [-0.05, 0) is 55.5 Å². The first-order valence-corrected chi connectivity index (χ1v) is 11.1. The number of halogens is 1. The molecule has 2 heterocycles. The van der Waals surface area contributed by atoms with Crippen LogP contribution < -0.4 is 16.1 Å². The number of carbonyl (C=O) groups excluding carboxylic acids is 1. The van der Waals surface area contributed by atoms with E-state index in [1.807, 2.05) is 13.0 Å². The Kier molecular flexibility index (Phi) is 5.49. The number of hydrogen-bond donors (Lipinski definition) is 1. The number of fused-ring (bicyclic) bond motifs is 1. The molecule has 8 heteroatoms. The van der Waals surface area contributed by atoms with Crippen LogP contribution in [0.25, 0.3) is 16.6 Å². The van der Waals surface area contributed by atoms with E-state index in [0.29, 0.717) is 41.8 Å². The number of nitrogens with one attached hydrogen (secondary N) is 1. The smallest absolute Gasteiger partial charge is 0.333 e. The molecule has 1 aliphatic heterocycles. The summed E-state index contributed by atoms with van der Waals surface area (Å²) in [5, 5.41) is 0.323. The van der Waals surface area contributed by atoms with Crippen molar-refractivity contribution in [2.24, 2.45) is 0 Å². The van der Waals surface area contributed by atoms with Gasteiger partial charge in [0.1, 0.15) is 5.82 Å². The topological polar surface area (TPSA) is 78.4 Å². The molecule has 1 aromatic heterocycles. The normalized spacial score (nSPS) is 16.1. The molecule has 34 heavy (non-hydrogen) atoms. The maximum absolute atomic E-state index is 13.6. The summed E-state index contributed by atoms with van der Waals surface area (Å²) in [5.41, 5.74) is 0.967. The lowest BCUT2D eigenvalue weighted by molar-refractivity contribution is 0.0674. The van der Waals surface area contributed by atoms with E-state index in [-0.39, 0.29) is 17.8 Å². The third-order valence-corrected chi connectivity index (χ3v) is 6.22. The minimum atomic E-state index is -0.564. The molecule has 1 N–H and O–H groups in total. The van der Waals surface area contributed by atoms with E-state index in [1.165, 1.54) is 12.1 Å². The Morgan fingerprint density at radius 1 is 0.941 bits per heavy atom. The number of aromatic nitrogens is 2. The van der Waals surface area contributed by atoms with Crippen LogP contribution in [0.4, 0.5) is 10.1 Å². The summed E-state index contributed by atoms with van der Waals surface area (Å²) in [6.07, 6.45) is 0. The molecule has 0 saturated carbocycles. The van der Waals surface area contributed by atoms with Crippen LogP contribution in [0, 0.1) is 5.82 Å². The second kappa shape index (κ2) is 8.62. The van der Waals surface area contributed by atoms with Gasteiger partial charge in [-0.15, -0.1) is 0 Å². The fourth-order valence-electron chi connectivity index (χ4n) is 4.50. The standard InChI is InChI=1S/C26H23FN4O3/c1-17-16-29(21-9-5-6-19(27)15-21)12-13-30(17)24(32)18-10-11-22-23(14-18)28-26(34)31(25(22)33)20-7-3-2-4-8-20/h2-11,14-15,17H,12-13,16H2,1H3,(H,28,34). The average Bonchev–Trinajstić information content (AvgIpc) is 2.84. The van der Waals surface area contributed by atoms with Crippen LogP contribution in [0.2, 0.25) is 0 Å². The van der Waals surface area contributed by atoms with E-state index in [0.717, 1.165) is 10.3 Å². The molecule has 0 spiro atoms. The summed E-state index contributed by atoms with van der Waals surface area (Å²) in [5.74, 6) is -0.471. The van der Waals surface area contributed by atoms with Crippen molar-refractivity contribution >= 4 is 22.5 Å². The molecule has 0 aliphatic carbocycles. The van der Waals surface area contributed by atoms with E-state index in [1.54, 1.807) is 59.5 Å². The van der Waals surface area contributed by atoms with Crippen LogP contribution in [0.1, 0.15) is 17.3 Å². The molecule has 0 radical (unpaired) electrons. The Balaban J connectivity index is 1.42. The van der Waals surface area contributed by atoms with Crippen LogP contribution in [-0.4, -0.2) is 46.0 Å². The zero-order chi connectivity index (χ0) is 23.8. The SMILES string of the molecule is CC1CN(c2cccc(F)c2)CCN1C(=O)c1ccc2c(=O)n(-c3ccccc3)c(=O)[nH]c2c1. The molecule has 1 aliphatic rings. The molecule has 1 saturated heterocycles. The predicted molar refractivity (Wildman–Crippen MR) is 129 cm³/mol. The number of rotatable bonds is 3. The number of para-hydroxylation sites is 1. The Morgan fingerprint density at radius 3 is 2.44 bits per heavy atom. The minimum absolute atomic E-state index is 0.106. The van der Waals surface area contributed by atoms with Crippen molar-refractivity contribution in [3.05, 3.63) is 105 Å². The fourth-order valence-corrected chi connectivity index (χ4v) is 4.50. The summed E-state index contributed by atoms with van der Waals surface area (Å²) >= 11 is 0. The van der Waals surface area contributed by atoms with Gasteiger partial charge < -0.3 is 14.8 Å². The summed E-state index contributed by atoms with van der Waals surface area (Å²) in [6.45, 7) is 3.57. The van der Waals surface area contributed by atoms with Gasteiger partial charge in [-0.25, -0.2) is 13.8 Å². The van der Waals surface area contributed by atoms with Crippen molar-refractivity contribution in [1.82, 2.24) is 14.5 Å². The van der Waals surface area contributed by atoms with Crippen LogP contribution in [0.5, 0.6) is 0 Å². The fraction of sp³-hybridized carbons (Fsp3) is 0.192. The van der Waals surface area contributed by atoms with Crippen molar-refractivity contribution in [1.29, 1.82) is 0 Å². The summed E-state index contributed by atoms with van der Waals surface area (Å²) < 4.78 is 14.7. The molecule has 7 nitrogen and oxygen atoms in total. The molecule has 4 aromatic rings. The van der Waals surface area contributed by atoms with Gasteiger partial charge in [0.2, 0.25) is 0 Å². The zero-order valence-corrected chi connectivity index (χ0v) is 18.6. The van der Waals surface area contributed by atoms with Gasteiger partial charge in [-0.3, -0.25) is 9.59 Å². The van der Waals surface area contributed by atoms with Crippen molar-refractivity contribution in [3.63, 3.8) is 0 Å². The Labute approximate surface area is 194 Å². The molecule has 1 unspecified atom stereocenters. The zero-order valence-electron chi connectivity index (χ0n) is 18.6. The first-order chi connectivity index (χ1) is 16.4. The van der Waals surface area contributed by atoms with E-state index < -0.39 is 11.2 Å². The Bertz CT molecular complexity index is 1500. The van der Waals surface area contributed by atoms with E-state index in [9.17, 15) is 18.8 Å². The van der Waals surface area contributed by atoms with Gasteiger partial charge in [0.15, 0.2) is 0 Å². The van der Waals surface area contributed by atoms with E-state index in [2.05, 4.69) is 9.88 Å². The lowest BCUT2D eigenvalue weighted by Crippen LogP contribution is -2.54. The highest BCUT2D eigenvalue weighted by atomic mass is 19.1. The first-order valence-electron chi connectivity index (χ1n) is 11.1. The maximum Gasteiger partial charge on any atom is 0.333 e. The van der Waals surface area contributed by atoms with Gasteiger partial charge >= 0.3 is 5.69 Å². The average molecular weight is 458 g/mol. The molecule has 3 aromatic carbocycles. The van der Waals surface area contributed by atoms with E-state index in [4.69, 9.17) is 0 Å². The Morgan fingerprint density at radius 2 is 1.71 bits per heavy atom. The van der Waals surface area contributed by atoms with Crippen molar-refractivity contribution in [2.45, 2.75) is 13.0 Å². The van der Waals surface area contributed by atoms with Gasteiger partial charge in [0.05, 0.1) is 16.6 Å². The molecule has 5 rings (SSSR count). The van der Waals surface area contributed by atoms with Gasteiger partial charge in [0, 0.05) is 36.9 Å². The summed E-state index contributed by atoms with van der Waals surface area (Å²) in [6, 6.07) is 19.8. The highest BCUT2D eigenvalue weighted by molar-refractivity contribution is 5.98. The molecule has 172 valence electrons. The van der Waals surface area contributed by atoms with Crippen molar-refractivity contribution in [3.8, 4) is 5.69 Å². The third-order valence-electron chi connectivity index (χ3n) is 6.22. The van der Waals surface area contributed by atoms with Crippen LogP contribution in [0.15, 0.2) is 82.4 Å². The lowest BCUT2D eigenvalue weighted by atomic mass is 10.1. The van der Waals surface area contributed by atoms with Crippen LogP contribution >= 0.6 is 0 Å². The van der Waals surface area contributed by atoms with Crippen LogP contribution in [-0.2, 0) is 0 Å². The minimum Gasteiger partial charge on any atom is -0.368 e. The van der Waals surface area contributed by atoms with Gasteiger partial charge in [-0.1, -0.05) is 24.3 Å². The number of H-pyrrole nitrogens is 1. The van der Waals surface area contributed by atoms with E-state index >= 15 is 0 Å². The number of anilines is 1. The summed E-state index contributed by atoms with van der Waals surface area (Å²) in [4.78, 5) is 45.5. The molecule has 0 bridgehead atoms. The number of carbonyl (C=O) groups is 1. The predicted octanol–water partition coefficient (Wildman–Crippen LogP) is 3.17. The number of nitrogens with zero attached hydrogens (tertiary/aromatic N) is 3. The monoisotopic (exact) mass is 458 g/mol. The number of aromatic amines is 1. The molecular weight excluding hydrogens is 435 g/mol. The third kappa shape index (κ3) is 3.87. The number of benzene rings is 3. The van der Waals surface area contributed by atoms with Gasteiger partial charge in [-0.2, -0.15) is 0 Å². The highest BCUT2D eigenvalue weighted by Crippen LogP contribution is 2.22. The maximum atomic E-state index is 13.6. The highest BCUT2D eigenvalue weighted by Gasteiger charge is 2.28. The number of amides is 1. The second-order valence-electron chi connectivity index (χ2n) is 8.44. The lowest BCUT2D eigenvalue weighted by Gasteiger charge is -2.41. The first kappa shape index (κ1) is 21.6. The van der Waals surface area contributed by atoms with Crippen molar-refractivity contribution in [2.75, 3.05) is 24.5 Å². The second-order valence-corrected chi connectivity index (χ2v) is 8.44. The largest absolute Gasteiger partial charge is 0.368 e. The summed E-state index contributed by atoms with van der Waals surface area (Å²) in [7, 11) is 0. The molecule has 1 amide bonds. The quantitative estimate of drug-likeness (QED) is 0.512. The molecule has 1 fully saturated rings. The number of piperazine rings is 1. The van der Waals surface area contributed by atoms with Crippen LogP contribution in [0.3, 0.4) is 0 Å². The molecular formula is C26H23FN4O3. The molecule has 1 atom stereocenters. The van der Waals surface area contributed by atoms with Gasteiger partial charge in [0.25, 0.3) is 11.5 Å². The van der Waals surface area contributed by atoms with Crippen molar-refractivity contribution < 1.29 is 9.18 Å².